The van der Waals surface area contributed by atoms with Gasteiger partial charge in [-0.05, 0) is 98.5 Å². The zero-order valence-corrected chi connectivity index (χ0v) is 31.8. The number of hydrogen-bond donors (Lipinski definition) is 0. The monoisotopic (exact) mass is 724 g/mol. The molecular weight excluding hydrogens is 685 g/mol. The van der Waals surface area contributed by atoms with Crippen molar-refractivity contribution >= 4 is 0 Å². The van der Waals surface area contributed by atoms with E-state index >= 15 is 0 Å². The highest BCUT2D eigenvalue weighted by Gasteiger charge is 2.18. The van der Waals surface area contributed by atoms with E-state index in [9.17, 15) is 0 Å². The molecule has 0 aliphatic rings. The van der Waals surface area contributed by atoms with Crippen molar-refractivity contribution in [2.24, 2.45) is 0 Å². The summed E-state index contributed by atoms with van der Waals surface area (Å²) in [7, 11) is 0. The molecule has 0 fully saturated rings. The van der Waals surface area contributed by atoms with E-state index in [0.29, 0.717) is 11.6 Å². The van der Waals surface area contributed by atoms with Crippen LogP contribution in [0.2, 0.25) is 0 Å². The minimum absolute atomic E-state index is 0.706. The van der Waals surface area contributed by atoms with Crippen LogP contribution in [-0.2, 0) is 0 Å². The Hall–Kier alpha value is -7.18. The highest BCUT2D eigenvalue weighted by molar-refractivity contribution is 5.73. The Bertz CT molecular complexity index is 2630. The standard InChI is InChI=1S/C50H40N6/c1-33-9-5-13-41(29-33)47-51-49(43-15-7-11-35(3)31-43)55(53-47)45-25-21-39(22-26-45)37-17-19-38(20-18-37)40-23-27-46(28-24-40)56-50(44-16-8-12-36(4)32-44)52-48(54-56)42-14-6-10-34(2)30-42/h5-32H,1-4H3. The molecule has 0 N–H and O–H groups in total. The first-order valence-electron chi connectivity index (χ1n) is 18.9. The lowest BCUT2D eigenvalue weighted by atomic mass is 10.00. The summed E-state index contributed by atoms with van der Waals surface area (Å²) in [5.74, 6) is 3.04. The molecular formula is C50H40N6. The minimum Gasteiger partial charge on any atom is -0.213 e. The van der Waals surface area contributed by atoms with Crippen LogP contribution in [0.4, 0.5) is 0 Å². The highest BCUT2D eigenvalue weighted by Crippen LogP contribution is 2.31. The summed E-state index contributed by atoms with van der Waals surface area (Å²) >= 11 is 0. The van der Waals surface area contributed by atoms with E-state index in [0.717, 1.165) is 67.5 Å². The third kappa shape index (κ3) is 6.96. The molecule has 0 saturated heterocycles. The van der Waals surface area contributed by atoms with E-state index in [1.807, 2.05) is 9.36 Å². The van der Waals surface area contributed by atoms with Crippen molar-refractivity contribution in [3.63, 3.8) is 0 Å². The van der Waals surface area contributed by atoms with Crippen LogP contribution < -0.4 is 0 Å². The number of rotatable bonds is 8. The first-order valence-corrected chi connectivity index (χ1v) is 18.9. The predicted octanol–water partition coefficient (Wildman–Crippen LogP) is 12.1. The van der Waals surface area contributed by atoms with Crippen LogP contribution in [0.5, 0.6) is 0 Å². The fraction of sp³-hybridized carbons (Fsp3) is 0.0800. The fourth-order valence-electron chi connectivity index (χ4n) is 7.18. The SMILES string of the molecule is Cc1cccc(-c2nc(-c3cccc(C)c3)n(-c3ccc(-c4ccc(-c5ccc(-n6nc(-c7cccc(C)c7)nc6-c6cccc(C)c6)cc5)cc4)cc3)n2)c1. The van der Waals surface area contributed by atoms with Gasteiger partial charge in [-0.15, -0.1) is 10.2 Å². The van der Waals surface area contributed by atoms with Gasteiger partial charge in [-0.3, -0.25) is 0 Å². The second-order valence-electron chi connectivity index (χ2n) is 14.5. The molecule has 0 unspecified atom stereocenters. The van der Waals surface area contributed by atoms with E-state index in [2.05, 4.69) is 198 Å². The minimum atomic E-state index is 0.706. The summed E-state index contributed by atoms with van der Waals surface area (Å²) in [4.78, 5) is 10.1. The summed E-state index contributed by atoms with van der Waals surface area (Å²) in [6.07, 6.45) is 0. The Labute approximate surface area is 327 Å². The molecule has 0 bridgehead atoms. The molecule has 0 saturated carbocycles. The Morgan fingerprint density at radius 2 is 0.589 bits per heavy atom. The molecule has 0 atom stereocenters. The van der Waals surface area contributed by atoms with Gasteiger partial charge in [0.05, 0.1) is 11.4 Å². The summed E-state index contributed by atoms with van der Waals surface area (Å²) in [5, 5.41) is 10.0. The Morgan fingerprint density at radius 3 is 0.911 bits per heavy atom. The molecule has 2 heterocycles. The summed E-state index contributed by atoms with van der Waals surface area (Å²) in [6.45, 7) is 8.38. The number of aryl methyl sites for hydroxylation is 4. The number of aromatic nitrogens is 6. The van der Waals surface area contributed by atoms with E-state index in [4.69, 9.17) is 20.2 Å². The molecule has 6 heteroatoms. The summed E-state index contributed by atoms with van der Waals surface area (Å²) < 4.78 is 3.91. The number of nitrogens with zero attached hydrogens (tertiary/aromatic N) is 6. The Balaban J connectivity index is 0.985. The lowest BCUT2D eigenvalue weighted by Gasteiger charge is -2.10. The van der Waals surface area contributed by atoms with Gasteiger partial charge in [-0.2, -0.15) is 0 Å². The largest absolute Gasteiger partial charge is 0.213 e. The molecule has 0 amide bonds. The molecule has 0 aliphatic carbocycles. The van der Waals surface area contributed by atoms with Crippen LogP contribution in [0.3, 0.4) is 0 Å². The van der Waals surface area contributed by atoms with Crippen molar-refractivity contribution in [2.75, 3.05) is 0 Å². The maximum absolute atomic E-state index is 5.03. The lowest BCUT2D eigenvalue weighted by molar-refractivity contribution is 0.890. The lowest BCUT2D eigenvalue weighted by Crippen LogP contribution is -2.00. The molecule has 7 aromatic carbocycles. The van der Waals surface area contributed by atoms with Crippen molar-refractivity contribution in [2.45, 2.75) is 27.7 Å². The van der Waals surface area contributed by atoms with Gasteiger partial charge in [-0.25, -0.2) is 19.3 Å². The van der Waals surface area contributed by atoms with E-state index in [1.165, 1.54) is 22.3 Å². The van der Waals surface area contributed by atoms with Crippen molar-refractivity contribution in [3.8, 4) is 79.2 Å². The van der Waals surface area contributed by atoms with Gasteiger partial charge in [0.25, 0.3) is 0 Å². The third-order valence-corrected chi connectivity index (χ3v) is 10.1. The molecule has 0 aliphatic heterocycles. The maximum atomic E-state index is 5.03. The van der Waals surface area contributed by atoms with Crippen LogP contribution in [-0.4, -0.2) is 29.5 Å². The fourth-order valence-corrected chi connectivity index (χ4v) is 7.18. The van der Waals surface area contributed by atoms with Crippen molar-refractivity contribution in [1.29, 1.82) is 0 Å². The Kier molecular flexibility index (Phi) is 9.00. The zero-order valence-electron chi connectivity index (χ0n) is 31.8. The molecule has 0 radical (unpaired) electrons. The van der Waals surface area contributed by atoms with Crippen LogP contribution in [0.15, 0.2) is 170 Å². The molecule has 9 rings (SSSR count). The molecule has 6 nitrogen and oxygen atoms in total. The number of hydrogen-bond acceptors (Lipinski definition) is 4. The van der Waals surface area contributed by atoms with Gasteiger partial charge in [0.15, 0.2) is 23.3 Å². The van der Waals surface area contributed by atoms with Crippen LogP contribution >= 0.6 is 0 Å². The second kappa shape index (κ2) is 14.6. The predicted molar refractivity (Wildman–Crippen MR) is 228 cm³/mol. The first kappa shape index (κ1) is 34.6. The maximum Gasteiger partial charge on any atom is 0.182 e. The first-order chi connectivity index (χ1) is 27.3. The average molecular weight is 725 g/mol. The van der Waals surface area contributed by atoms with Gasteiger partial charge in [0.2, 0.25) is 0 Å². The molecule has 56 heavy (non-hydrogen) atoms. The topological polar surface area (TPSA) is 61.4 Å². The van der Waals surface area contributed by atoms with Crippen molar-refractivity contribution < 1.29 is 0 Å². The zero-order chi connectivity index (χ0) is 38.2. The van der Waals surface area contributed by atoms with Gasteiger partial charge < -0.3 is 0 Å². The van der Waals surface area contributed by atoms with E-state index < -0.39 is 0 Å². The molecule has 270 valence electrons. The summed E-state index contributed by atoms with van der Waals surface area (Å²) in [6, 6.07) is 59.3. The average Bonchev–Trinajstić information content (AvgIpc) is 3.88. The second-order valence-corrected chi connectivity index (χ2v) is 14.5. The van der Waals surface area contributed by atoms with E-state index in [-0.39, 0.29) is 0 Å². The van der Waals surface area contributed by atoms with Crippen LogP contribution in [0.25, 0.3) is 79.2 Å². The van der Waals surface area contributed by atoms with Gasteiger partial charge >= 0.3 is 0 Å². The van der Waals surface area contributed by atoms with Crippen LogP contribution in [0.1, 0.15) is 22.3 Å². The molecule has 0 spiro atoms. The van der Waals surface area contributed by atoms with Gasteiger partial charge in [0.1, 0.15) is 0 Å². The third-order valence-electron chi connectivity index (χ3n) is 10.1. The number of benzene rings is 7. The smallest absolute Gasteiger partial charge is 0.182 e. The normalized spacial score (nSPS) is 11.2. The Morgan fingerprint density at radius 1 is 0.304 bits per heavy atom. The molecule has 9 aromatic rings. The van der Waals surface area contributed by atoms with Gasteiger partial charge in [0, 0.05) is 22.3 Å². The van der Waals surface area contributed by atoms with Crippen molar-refractivity contribution in [1.82, 2.24) is 29.5 Å². The van der Waals surface area contributed by atoms with Crippen molar-refractivity contribution in [3.05, 3.63) is 192 Å². The highest BCUT2D eigenvalue weighted by atomic mass is 15.4. The van der Waals surface area contributed by atoms with E-state index in [1.54, 1.807) is 0 Å². The quantitative estimate of drug-likeness (QED) is 0.157. The van der Waals surface area contributed by atoms with Gasteiger partial charge in [-0.1, -0.05) is 144 Å². The molecule has 2 aromatic heterocycles. The summed E-state index contributed by atoms with van der Waals surface area (Å²) in [5.41, 5.74) is 15.2. The van der Waals surface area contributed by atoms with Crippen LogP contribution in [0, 0.1) is 27.7 Å².